The van der Waals surface area contributed by atoms with Crippen LogP contribution in [0, 0.1) is 0 Å². The Morgan fingerprint density at radius 1 is 1.44 bits per heavy atom. The third-order valence-corrected chi connectivity index (χ3v) is 4.02. The minimum absolute atomic E-state index is 0.547. The number of piperidine rings is 1. The second-order valence-corrected chi connectivity index (χ2v) is 5.63. The van der Waals surface area contributed by atoms with Crippen molar-refractivity contribution < 1.29 is 0 Å². The largest absolute Gasteiger partial charge is 0.399 e. The van der Waals surface area contributed by atoms with E-state index < -0.39 is 0 Å². The summed E-state index contributed by atoms with van der Waals surface area (Å²) in [5.41, 5.74) is 7.55. The lowest BCUT2D eigenvalue weighted by Gasteiger charge is -2.36. The topological polar surface area (TPSA) is 29.3 Å². The molecule has 2 N–H and O–H groups in total. The van der Waals surface area contributed by atoms with Gasteiger partial charge in [-0.25, -0.2) is 0 Å². The quantitative estimate of drug-likeness (QED) is 0.793. The van der Waals surface area contributed by atoms with Gasteiger partial charge in [-0.3, -0.25) is 0 Å². The van der Waals surface area contributed by atoms with Crippen LogP contribution in [0.1, 0.15) is 26.2 Å². The highest BCUT2D eigenvalue weighted by atomic mass is 79.9. The zero-order chi connectivity index (χ0) is 11.7. The van der Waals surface area contributed by atoms with Crippen molar-refractivity contribution in [3.63, 3.8) is 0 Å². The Kier molecular flexibility index (Phi) is 3.65. The predicted octanol–water partition coefficient (Wildman–Crippen LogP) is 4.06. The first kappa shape index (κ1) is 12.1. The summed E-state index contributed by atoms with van der Waals surface area (Å²) < 4.78 is 0.992. The van der Waals surface area contributed by atoms with Crippen molar-refractivity contribution >= 4 is 38.9 Å². The summed E-state index contributed by atoms with van der Waals surface area (Å²) in [7, 11) is 0. The van der Waals surface area contributed by atoms with E-state index in [9.17, 15) is 0 Å². The molecule has 1 atom stereocenters. The maximum absolute atomic E-state index is 6.28. The number of nitrogen functional groups attached to an aromatic ring is 1. The smallest absolute Gasteiger partial charge is 0.0703 e. The van der Waals surface area contributed by atoms with Crippen LogP contribution in [0.3, 0.4) is 0 Å². The van der Waals surface area contributed by atoms with E-state index in [1.54, 1.807) is 0 Å². The molecule has 1 aliphatic rings. The predicted molar refractivity (Wildman–Crippen MR) is 74.2 cm³/mol. The molecule has 16 heavy (non-hydrogen) atoms. The van der Waals surface area contributed by atoms with Crippen LogP contribution in [0.5, 0.6) is 0 Å². The van der Waals surface area contributed by atoms with Gasteiger partial charge in [-0.1, -0.05) is 11.6 Å². The first-order chi connectivity index (χ1) is 7.59. The number of nitrogens with two attached hydrogens (primary N) is 1. The second kappa shape index (κ2) is 4.84. The number of anilines is 2. The lowest BCUT2D eigenvalue weighted by atomic mass is 10.0. The molecule has 1 aromatic rings. The molecule has 0 unspecified atom stereocenters. The maximum Gasteiger partial charge on any atom is 0.0703 e. The molecule has 1 aliphatic heterocycles. The fraction of sp³-hybridized carbons (Fsp3) is 0.500. The number of benzene rings is 1. The zero-order valence-corrected chi connectivity index (χ0v) is 11.7. The molecule has 0 radical (unpaired) electrons. The molecule has 2 rings (SSSR count). The van der Waals surface area contributed by atoms with E-state index in [1.807, 2.05) is 12.1 Å². The lowest BCUT2D eigenvalue weighted by Crippen LogP contribution is -2.37. The normalized spacial score (nSPS) is 21.2. The first-order valence-corrected chi connectivity index (χ1v) is 6.78. The molecule has 4 heteroatoms. The van der Waals surface area contributed by atoms with E-state index in [-0.39, 0.29) is 0 Å². The highest BCUT2D eigenvalue weighted by molar-refractivity contribution is 9.10. The van der Waals surface area contributed by atoms with Crippen molar-refractivity contribution in [3.05, 3.63) is 21.6 Å². The molecule has 1 fully saturated rings. The fourth-order valence-electron chi connectivity index (χ4n) is 2.29. The summed E-state index contributed by atoms with van der Waals surface area (Å²) in [6, 6.07) is 4.29. The summed E-state index contributed by atoms with van der Waals surface area (Å²) in [5.74, 6) is 0. The van der Waals surface area contributed by atoms with Crippen LogP contribution in [-0.4, -0.2) is 12.6 Å². The van der Waals surface area contributed by atoms with Gasteiger partial charge in [-0.2, -0.15) is 0 Å². The number of rotatable bonds is 1. The molecule has 0 amide bonds. The molecular formula is C12H16BrClN2. The Hall–Kier alpha value is -0.410. The van der Waals surface area contributed by atoms with Gasteiger partial charge in [0, 0.05) is 22.7 Å². The van der Waals surface area contributed by atoms with Crippen LogP contribution in [0.15, 0.2) is 16.6 Å². The number of halogens is 2. The van der Waals surface area contributed by atoms with Gasteiger partial charge in [0.1, 0.15) is 0 Å². The minimum Gasteiger partial charge on any atom is -0.399 e. The van der Waals surface area contributed by atoms with E-state index in [4.69, 9.17) is 17.3 Å². The van der Waals surface area contributed by atoms with Crippen LogP contribution >= 0.6 is 27.5 Å². The maximum atomic E-state index is 6.28. The van der Waals surface area contributed by atoms with E-state index in [0.717, 1.165) is 21.7 Å². The van der Waals surface area contributed by atoms with Gasteiger partial charge in [-0.05, 0) is 54.2 Å². The minimum atomic E-state index is 0.547. The van der Waals surface area contributed by atoms with Crippen molar-refractivity contribution in [1.82, 2.24) is 0 Å². The van der Waals surface area contributed by atoms with E-state index >= 15 is 0 Å². The number of hydrogen-bond donors (Lipinski definition) is 1. The summed E-state index contributed by atoms with van der Waals surface area (Å²) in [6.45, 7) is 3.32. The van der Waals surface area contributed by atoms with Gasteiger partial charge in [0.2, 0.25) is 0 Å². The summed E-state index contributed by atoms with van der Waals surface area (Å²) in [6.07, 6.45) is 3.77. The molecule has 0 bridgehead atoms. The SMILES string of the molecule is C[C@@H]1CCCCN1c1c(Cl)cc(N)cc1Br. The van der Waals surface area contributed by atoms with Gasteiger partial charge >= 0.3 is 0 Å². The monoisotopic (exact) mass is 302 g/mol. The third-order valence-electron chi connectivity index (χ3n) is 3.13. The Morgan fingerprint density at radius 2 is 2.19 bits per heavy atom. The fourth-order valence-corrected chi connectivity index (χ4v) is 3.45. The standard InChI is InChI=1S/C12H16BrClN2/c1-8-4-2-3-5-16(8)12-10(13)6-9(15)7-11(12)14/h6-8H,2-5,15H2,1H3/t8-/m1/s1. The Morgan fingerprint density at radius 3 is 2.81 bits per heavy atom. The number of nitrogens with zero attached hydrogens (tertiary/aromatic N) is 1. The van der Waals surface area contributed by atoms with Crippen molar-refractivity contribution in [2.45, 2.75) is 32.2 Å². The van der Waals surface area contributed by atoms with Crippen LogP contribution in [0.2, 0.25) is 5.02 Å². The Bertz CT molecular complexity index is 372. The lowest BCUT2D eigenvalue weighted by molar-refractivity contribution is 0.484. The third kappa shape index (κ3) is 2.30. The molecule has 0 saturated carbocycles. The molecule has 0 aliphatic carbocycles. The van der Waals surface area contributed by atoms with Crippen LogP contribution in [0.25, 0.3) is 0 Å². The average molecular weight is 304 g/mol. The molecule has 0 spiro atoms. The van der Waals surface area contributed by atoms with Crippen molar-refractivity contribution in [2.75, 3.05) is 17.2 Å². The summed E-state index contributed by atoms with van der Waals surface area (Å²) in [4.78, 5) is 2.37. The number of hydrogen-bond acceptors (Lipinski definition) is 2. The second-order valence-electron chi connectivity index (χ2n) is 4.37. The van der Waals surface area contributed by atoms with Gasteiger partial charge in [-0.15, -0.1) is 0 Å². The molecule has 2 nitrogen and oxygen atoms in total. The van der Waals surface area contributed by atoms with Crippen LogP contribution in [0.4, 0.5) is 11.4 Å². The van der Waals surface area contributed by atoms with E-state index in [2.05, 4.69) is 27.8 Å². The van der Waals surface area contributed by atoms with Gasteiger partial charge in [0.05, 0.1) is 10.7 Å². The van der Waals surface area contributed by atoms with Crippen LogP contribution < -0.4 is 10.6 Å². The van der Waals surface area contributed by atoms with Gasteiger partial charge in [0.15, 0.2) is 0 Å². The van der Waals surface area contributed by atoms with E-state index in [0.29, 0.717) is 11.7 Å². The molecule has 1 heterocycles. The Labute approximate surface area is 110 Å². The molecule has 88 valence electrons. The average Bonchev–Trinajstić information content (AvgIpc) is 2.19. The molecule has 1 saturated heterocycles. The Balaban J connectivity index is 2.38. The van der Waals surface area contributed by atoms with Crippen molar-refractivity contribution in [2.24, 2.45) is 0 Å². The molecular weight excluding hydrogens is 288 g/mol. The zero-order valence-electron chi connectivity index (χ0n) is 9.34. The van der Waals surface area contributed by atoms with Crippen LogP contribution in [-0.2, 0) is 0 Å². The van der Waals surface area contributed by atoms with Gasteiger partial charge in [0.25, 0.3) is 0 Å². The van der Waals surface area contributed by atoms with Crippen molar-refractivity contribution in [3.8, 4) is 0 Å². The van der Waals surface area contributed by atoms with Gasteiger partial charge < -0.3 is 10.6 Å². The summed E-state index contributed by atoms with van der Waals surface area (Å²) in [5, 5.41) is 0.737. The first-order valence-electron chi connectivity index (χ1n) is 5.60. The highest BCUT2D eigenvalue weighted by Gasteiger charge is 2.22. The molecule has 1 aromatic carbocycles. The molecule has 0 aromatic heterocycles. The highest BCUT2D eigenvalue weighted by Crippen LogP contribution is 2.38. The summed E-state index contributed by atoms with van der Waals surface area (Å²) >= 11 is 9.84. The van der Waals surface area contributed by atoms with Crippen molar-refractivity contribution in [1.29, 1.82) is 0 Å². The van der Waals surface area contributed by atoms with E-state index in [1.165, 1.54) is 19.3 Å².